The van der Waals surface area contributed by atoms with Crippen LogP contribution < -0.4 is 4.74 Å². The molecule has 4 rings (SSSR count). The third-order valence-corrected chi connectivity index (χ3v) is 6.42. The van der Waals surface area contributed by atoms with Crippen LogP contribution in [0.4, 0.5) is 0 Å². The van der Waals surface area contributed by atoms with Crippen LogP contribution in [0.25, 0.3) is 0 Å². The predicted octanol–water partition coefficient (Wildman–Crippen LogP) is 5.59. The first kappa shape index (κ1) is 21.6. The van der Waals surface area contributed by atoms with Crippen LogP contribution in [0.5, 0.6) is 5.75 Å². The number of piperidine rings is 1. The molecule has 0 unspecified atom stereocenters. The standard InChI is InChI=1S/C28H33NO2/c1-2-31-26-18-16-25(17-19-26)28(30,24-14-8-4-9-15-24)27(23-12-6-3-7-13-23)22-29-20-10-5-11-21-29/h3-4,6-9,12-19,27,30H,2,5,10-11,20-22H2,1H3/t27-,28-/m1/s1. The van der Waals surface area contributed by atoms with Crippen molar-refractivity contribution in [1.29, 1.82) is 0 Å². The molecule has 0 amide bonds. The van der Waals surface area contributed by atoms with Gasteiger partial charge in [-0.15, -0.1) is 0 Å². The van der Waals surface area contributed by atoms with Gasteiger partial charge in [-0.3, -0.25) is 0 Å². The lowest BCUT2D eigenvalue weighted by Gasteiger charge is -2.41. The van der Waals surface area contributed by atoms with Crippen LogP contribution in [0.2, 0.25) is 0 Å². The van der Waals surface area contributed by atoms with E-state index in [9.17, 15) is 5.11 Å². The van der Waals surface area contributed by atoms with Crippen LogP contribution in [0.1, 0.15) is 48.8 Å². The highest BCUT2D eigenvalue weighted by Gasteiger charge is 2.42. The number of likely N-dealkylation sites (tertiary alicyclic amines) is 1. The Morgan fingerprint density at radius 1 is 0.806 bits per heavy atom. The van der Waals surface area contributed by atoms with E-state index in [0.29, 0.717) is 6.61 Å². The molecule has 3 heteroatoms. The average Bonchev–Trinajstić information content (AvgIpc) is 2.84. The van der Waals surface area contributed by atoms with Crippen LogP contribution in [0.15, 0.2) is 84.9 Å². The molecule has 2 atom stereocenters. The molecule has 0 aliphatic carbocycles. The molecule has 1 heterocycles. The molecule has 0 saturated carbocycles. The zero-order chi connectivity index (χ0) is 21.5. The summed E-state index contributed by atoms with van der Waals surface area (Å²) >= 11 is 0. The minimum Gasteiger partial charge on any atom is -0.494 e. The monoisotopic (exact) mass is 415 g/mol. The molecule has 1 aliphatic rings. The molecule has 3 aromatic carbocycles. The molecule has 3 aromatic rings. The Bertz CT molecular complexity index is 920. The third kappa shape index (κ3) is 4.84. The molecule has 0 spiro atoms. The second-order valence-corrected chi connectivity index (χ2v) is 8.41. The molecule has 1 fully saturated rings. The summed E-state index contributed by atoms with van der Waals surface area (Å²) in [7, 11) is 0. The highest BCUT2D eigenvalue weighted by molar-refractivity contribution is 5.43. The molecule has 31 heavy (non-hydrogen) atoms. The number of ether oxygens (including phenoxy) is 1. The van der Waals surface area contributed by atoms with Crippen LogP contribution in [-0.2, 0) is 5.60 Å². The number of hydrogen-bond acceptors (Lipinski definition) is 3. The summed E-state index contributed by atoms with van der Waals surface area (Å²) in [6.45, 7) is 5.62. The number of hydrogen-bond donors (Lipinski definition) is 1. The summed E-state index contributed by atoms with van der Waals surface area (Å²) in [5, 5.41) is 12.6. The molecule has 1 saturated heterocycles. The van der Waals surface area contributed by atoms with Gasteiger partial charge in [0.15, 0.2) is 0 Å². The van der Waals surface area contributed by atoms with E-state index in [0.717, 1.165) is 42.1 Å². The molecular formula is C28H33NO2. The van der Waals surface area contributed by atoms with Crippen molar-refractivity contribution in [2.24, 2.45) is 0 Å². The second-order valence-electron chi connectivity index (χ2n) is 8.41. The van der Waals surface area contributed by atoms with Gasteiger partial charge >= 0.3 is 0 Å². The number of aliphatic hydroxyl groups is 1. The minimum absolute atomic E-state index is 0.0906. The fraction of sp³-hybridized carbons (Fsp3) is 0.357. The summed E-state index contributed by atoms with van der Waals surface area (Å²) in [5.41, 5.74) is 1.83. The number of rotatable bonds is 8. The Balaban J connectivity index is 1.81. The van der Waals surface area contributed by atoms with Crippen molar-refractivity contribution < 1.29 is 9.84 Å². The molecule has 0 bridgehead atoms. The first-order valence-corrected chi connectivity index (χ1v) is 11.5. The molecule has 3 nitrogen and oxygen atoms in total. The number of nitrogens with zero attached hydrogens (tertiary/aromatic N) is 1. The van der Waals surface area contributed by atoms with Crippen molar-refractivity contribution in [1.82, 2.24) is 4.90 Å². The topological polar surface area (TPSA) is 32.7 Å². The van der Waals surface area contributed by atoms with Crippen molar-refractivity contribution in [3.63, 3.8) is 0 Å². The lowest BCUT2D eigenvalue weighted by atomic mass is 9.72. The van der Waals surface area contributed by atoms with Gasteiger partial charge in [0.1, 0.15) is 11.4 Å². The smallest absolute Gasteiger partial charge is 0.123 e. The Morgan fingerprint density at radius 2 is 1.39 bits per heavy atom. The maximum atomic E-state index is 12.6. The second kappa shape index (κ2) is 10.1. The van der Waals surface area contributed by atoms with Crippen molar-refractivity contribution >= 4 is 0 Å². The maximum absolute atomic E-state index is 12.6. The summed E-state index contributed by atoms with van der Waals surface area (Å²) in [5.74, 6) is 0.737. The first-order valence-electron chi connectivity index (χ1n) is 11.5. The van der Waals surface area contributed by atoms with Gasteiger partial charge in [-0.2, -0.15) is 0 Å². The van der Waals surface area contributed by atoms with Crippen molar-refractivity contribution in [2.75, 3.05) is 26.2 Å². The quantitative estimate of drug-likeness (QED) is 0.520. The molecule has 0 aromatic heterocycles. The highest BCUT2D eigenvalue weighted by atomic mass is 16.5. The van der Waals surface area contributed by atoms with E-state index < -0.39 is 5.60 Å². The lowest BCUT2D eigenvalue weighted by Crippen LogP contribution is -2.43. The highest BCUT2D eigenvalue weighted by Crippen LogP contribution is 2.43. The number of benzene rings is 3. The van der Waals surface area contributed by atoms with E-state index >= 15 is 0 Å². The van der Waals surface area contributed by atoms with E-state index in [2.05, 4.69) is 29.2 Å². The Kier molecular flexibility index (Phi) is 7.06. The van der Waals surface area contributed by atoms with Gasteiger partial charge in [0.2, 0.25) is 0 Å². The summed E-state index contributed by atoms with van der Waals surface area (Å²) < 4.78 is 5.66. The van der Waals surface area contributed by atoms with Crippen molar-refractivity contribution in [3.8, 4) is 5.75 Å². The fourth-order valence-electron chi connectivity index (χ4n) is 4.80. The van der Waals surface area contributed by atoms with Gasteiger partial charge in [0, 0.05) is 12.5 Å². The Labute approximate surface area is 186 Å². The van der Waals surface area contributed by atoms with Crippen molar-refractivity contribution in [2.45, 2.75) is 37.7 Å². The van der Waals surface area contributed by atoms with E-state index in [4.69, 9.17) is 4.74 Å². The zero-order valence-electron chi connectivity index (χ0n) is 18.4. The average molecular weight is 416 g/mol. The van der Waals surface area contributed by atoms with Gasteiger partial charge in [-0.1, -0.05) is 79.2 Å². The molecule has 1 aliphatic heterocycles. The van der Waals surface area contributed by atoms with Gasteiger partial charge in [-0.05, 0) is 61.7 Å². The van der Waals surface area contributed by atoms with Crippen LogP contribution in [-0.4, -0.2) is 36.2 Å². The van der Waals surface area contributed by atoms with Gasteiger partial charge in [0.25, 0.3) is 0 Å². The summed E-state index contributed by atoms with van der Waals surface area (Å²) in [4.78, 5) is 2.52. The Morgan fingerprint density at radius 3 is 2.00 bits per heavy atom. The van der Waals surface area contributed by atoms with Crippen molar-refractivity contribution in [3.05, 3.63) is 102 Å². The maximum Gasteiger partial charge on any atom is 0.123 e. The molecule has 0 radical (unpaired) electrons. The van der Waals surface area contributed by atoms with E-state index in [1.165, 1.54) is 19.3 Å². The van der Waals surface area contributed by atoms with Gasteiger partial charge < -0.3 is 14.7 Å². The first-order chi connectivity index (χ1) is 15.2. The largest absolute Gasteiger partial charge is 0.494 e. The molecule has 162 valence electrons. The van der Waals surface area contributed by atoms with Crippen LogP contribution in [0.3, 0.4) is 0 Å². The van der Waals surface area contributed by atoms with E-state index in [-0.39, 0.29) is 5.92 Å². The van der Waals surface area contributed by atoms with Gasteiger partial charge in [0.05, 0.1) is 6.61 Å². The lowest BCUT2D eigenvalue weighted by molar-refractivity contribution is 0.0310. The Hall–Kier alpha value is -2.62. The van der Waals surface area contributed by atoms with E-state index in [1.807, 2.05) is 67.6 Å². The summed E-state index contributed by atoms with van der Waals surface area (Å²) in [6.07, 6.45) is 3.76. The normalized spacial score (nSPS) is 17.6. The predicted molar refractivity (Wildman–Crippen MR) is 127 cm³/mol. The fourth-order valence-corrected chi connectivity index (χ4v) is 4.80. The van der Waals surface area contributed by atoms with Crippen LogP contribution in [0, 0.1) is 0 Å². The SMILES string of the molecule is CCOc1ccc([C@](O)(c2ccccc2)[C@H](CN2CCCCC2)c2ccccc2)cc1. The third-order valence-electron chi connectivity index (χ3n) is 6.42. The summed E-state index contributed by atoms with van der Waals surface area (Å²) in [6, 6.07) is 28.6. The molecule has 1 N–H and O–H groups in total. The van der Waals surface area contributed by atoms with E-state index in [1.54, 1.807) is 0 Å². The van der Waals surface area contributed by atoms with Crippen LogP contribution >= 0.6 is 0 Å². The zero-order valence-corrected chi connectivity index (χ0v) is 18.4. The molecular weight excluding hydrogens is 382 g/mol. The minimum atomic E-state index is -1.15. The van der Waals surface area contributed by atoms with Gasteiger partial charge in [-0.25, -0.2) is 0 Å².